The third-order valence-corrected chi connectivity index (χ3v) is 4.47. The first kappa shape index (κ1) is 15.5. The van der Waals surface area contributed by atoms with Crippen molar-refractivity contribution in [2.24, 2.45) is 0 Å². The molecule has 114 valence electrons. The van der Waals surface area contributed by atoms with Gasteiger partial charge in [0, 0.05) is 44.1 Å². The summed E-state index contributed by atoms with van der Waals surface area (Å²) in [5, 5.41) is 5.81. The van der Waals surface area contributed by atoms with Crippen LogP contribution in [0.2, 0.25) is 0 Å². The second-order valence-corrected chi connectivity index (χ2v) is 6.87. The van der Waals surface area contributed by atoms with Crippen molar-refractivity contribution in [3.63, 3.8) is 0 Å². The molecule has 0 saturated heterocycles. The first-order valence-electron chi connectivity index (χ1n) is 6.48. The fourth-order valence-electron chi connectivity index (χ4n) is 1.81. The number of aromatic nitrogens is 1. The first-order chi connectivity index (χ1) is 9.88. The van der Waals surface area contributed by atoms with Gasteiger partial charge >= 0.3 is 0 Å². The molecule has 1 aliphatic rings. The van der Waals surface area contributed by atoms with Crippen molar-refractivity contribution < 1.29 is 13.2 Å². The SMILES string of the molecule is CN(CCNC(=O)c1cc2c(cn1)C=CCN2)S(C)(=O)=O. The van der Waals surface area contributed by atoms with Gasteiger partial charge in [0.25, 0.3) is 5.91 Å². The van der Waals surface area contributed by atoms with Gasteiger partial charge in [0.1, 0.15) is 5.69 Å². The number of fused-ring (bicyclic) bond motifs is 1. The van der Waals surface area contributed by atoms with Crippen LogP contribution in [-0.4, -0.2) is 56.6 Å². The number of sulfonamides is 1. The Morgan fingerprint density at radius 3 is 3.00 bits per heavy atom. The lowest BCUT2D eigenvalue weighted by atomic mass is 10.1. The average Bonchev–Trinajstić information content (AvgIpc) is 2.45. The zero-order valence-corrected chi connectivity index (χ0v) is 12.8. The van der Waals surface area contributed by atoms with Crippen LogP contribution in [0.25, 0.3) is 6.08 Å². The second kappa shape index (κ2) is 6.23. The molecule has 0 aromatic carbocycles. The molecule has 0 atom stereocenters. The average molecular weight is 310 g/mol. The number of hydrogen-bond donors (Lipinski definition) is 2. The summed E-state index contributed by atoms with van der Waals surface area (Å²) in [6.45, 7) is 1.17. The minimum Gasteiger partial charge on any atom is -0.381 e. The Balaban J connectivity index is 1.94. The van der Waals surface area contributed by atoms with Gasteiger partial charge in [-0.1, -0.05) is 12.2 Å². The lowest BCUT2D eigenvalue weighted by Gasteiger charge is -2.15. The maximum absolute atomic E-state index is 12.0. The molecule has 2 rings (SSSR count). The van der Waals surface area contributed by atoms with E-state index in [9.17, 15) is 13.2 Å². The van der Waals surface area contributed by atoms with Gasteiger partial charge < -0.3 is 10.6 Å². The number of carbonyl (C=O) groups excluding carboxylic acids is 1. The molecular weight excluding hydrogens is 292 g/mol. The van der Waals surface area contributed by atoms with Crippen molar-refractivity contribution in [2.75, 3.05) is 38.3 Å². The Morgan fingerprint density at radius 2 is 2.29 bits per heavy atom. The third-order valence-electron chi connectivity index (χ3n) is 3.15. The van der Waals surface area contributed by atoms with Crippen LogP contribution in [-0.2, 0) is 10.0 Å². The number of hydrogen-bond acceptors (Lipinski definition) is 5. The Morgan fingerprint density at radius 1 is 1.52 bits per heavy atom. The number of likely N-dealkylation sites (N-methyl/N-ethyl adjacent to an activating group) is 1. The molecule has 0 bridgehead atoms. The number of carbonyl (C=O) groups is 1. The van der Waals surface area contributed by atoms with Crippen molar-refractivity contribution in [3.8, 4) is 0 Å². The largest absolute Gasteiger partial charge is 0.381 e. The van der Waals surface area contributed by atoms with Crippen molar-refractivity contribution in [1.29, 1.82) is 0 Å². The Bertz CT molecular complexity index is 670. The van der Waals surface area contributed by atoms with E-state index in [4.69, 9.17) is 0 Å². The minimum absolute atomic E-state index is 0.219. The van der Waals surface area contributed by atoms with Crippen molar-refractivity contribution in [3.05, 3.63) is 29.6 Å². The summed E-state index contributed by atoms with van der Waals surface area (Å²) in [5.41, 5.74) is 2.11. The monoisotopic (exact) mass is 310 g/mol. The molecular formula is C13H18N4O3S. The summed E-state index contributed by atoms with van der Waals surface area (Å²) in [7, 11) is -1.76. The molecule has 1 aromatic rings. The molecule has 0 saturated carbocycles. The quantitative estimate of drug-likeness (QED) is 0.807. The highest BCUT2D eigenvalue weighted by atomic mass is 32.2. The van der Waals surface area contributed by atoms with Crippen molar-refractivity contribution in [2.45, 2.75) is 0 Å². The number of pyridine rings is 1. The minimum atomic E-state index is -3.23. The van der Waals surface area contributed by atoms with E-state index in [1.807, 2.05) is 12.2 Å². The lowest BCUT2D eigenvalue weighted by Crippen LogP contribution is -2.35. The molecule has 21 heavy (non-hydrogen) atoms. The standard InChI is InChI=1S/C13H18N4O3S/c1-17(21(2,19)20)7-6-15-13(18)12-8-11-10(9-16-12)4-3-5-14-11/h3-4,8-9,14H,5-7H2,1-2H3,(H,15,18). The number of amides is 1. The predicted molar refractivity (Wildman–Crippen MR) is 81.6 cm³/mol. The van der Waals surface area contributed by atoms with E-state index in [2.05, 4.69) is 15.6 Å². The van der Waals surface area contributed by atoms with E-state index in [0.717, 1.165) is 24.1 Å². The third kappa shape index (κ3) is 4.02. The van der Waals surface area contributed by atoms with Crippen LogP contribution in [0.1, 0.15) is 16.1 Å². The zero-order chi connectivity index (χ0) is 15.5. The molecule has 1 amide bonds. The fourth-order valence-corrected chi connectivity index (χ4v) is 2.24. The highest BCUT2D eigenvalue weighted by Crippen LogP contribution is 2.20. The number of nitrogens with zero attached hydrogens (tertiary/aromatic N) is 2. The lowest BCUT2D eigenvalue weighted by molar-refractivity contribution is 0.0947. The molecule has 1 aromatic heterocycles. The summed E-state index contributed by atoms with van der Waals surface area (Å²) < 4.78 is 23.6. The normalized spacial score (nSPS) is 13.7. The van der Waals surface area contributed by atoms with Crippen LogP contribution in [0.5, 0.6) is 0 Å². The molecule has 0 fully saturated rings. The van der Waals surface area contributed by atoms with E-state index in [1.54, 1.807) is 12.3 Å². The fraction of sp³-hybridized carbons (Fsp3) is 0.385. The van der Waals surface area contributed by atoms with Crippen molar-refractivity contribution >= 4 is 27.7 Å². The van der Waals surface area contributed by atoms with E-state index < -0.39 is 10.0 Å². The maximum atomic E-state index is 12.0. The van der Waals surface area contributed by atoms with E-state index in [1.165, 1.54) is 11.4 Å². The summed E-state index contributed by atoms with van der Waals surface area (Å²) in [6.07, 6.45) is 6.68. The van der Waals surface area contributed by atoms with Gasteiger partial charge in [0.05, 0.1) is 6.26 Å². The summed E-state index contributed by atoms with van der Waals surface area (Å²) in [4.78, 5) is 16.1. The van der Waals surface area contributed by atoms with Gasteiger partial charge in [-0.05, 0) is 6.07 Å². The van der Waals surface area contributed by atoms with Gasteiger partial charge in [-0.2, -0.15) is 0 Å². The molecule has 7 nitrogen and oxygen atoms in total. The smallest absolute Gasteiger partial charge is 0.269 e. The molecule has 2 heterocycles. The Kier molecular flexibility index (Phi) is 4.59. The second-order valence-electron chi connectivity index (χ2n) is 4.78. The molecule has 0 unspecified atom stereocenters. The van der Waals surface area contributed by atoms with Crippen LogP contribution < -0.4 is 10.6 Å². The highest BCUT2D eigenvalue weighted by molar-refractivity contribution is 7.88. The number of anilines is 1. The van der Waals surface area contributed by atoms with Crippen LogP contribution >= 0.6 is 0 Å². The molecule has 0 radical (unpaired) electrons. The van der Waals surface area contributed by atoms with Gasteiger partial charge in [0.2, 0.25) is 10.0 Å². The van der Waals surface area contributed by atoms with Crippen LogP contribution in [0, 0.1) is 0 Å². The van der Waals surface area contributed by atoms with Crippen LogP contribution in [0.3, 0.4) is 0 Å². The van der Waals surface area contributed by atoms with Gasteiger partial charge in [-0.3, -0.25) is 9.78 Å². The van der Waals surface area contributed by atoms with Crippen LogP contribution in [0.15, 0.2) is 18.3 Å². The summed E-state index contributed by atoms with van der Waals surface area (Å²) in [5.74, 6) is -0.323. The van der Waals surface area contributed by atoms with E-state index in [0.29, 0.717) is 5.69 Å². The van der Waals surface area contributed by atoms with Gasteiger partial charge in [-0.25, -0.2) is 12.7 Å². The van der Waals surface area contributed by atoms with Gasteiger partial charge in [-0.15, -0.1) is 0 Å². The molecule has 8 heteroatoms. The molecule has 1 aliphatic heterocycles. The topological polar surface area (TPSA) is 91.4 Å². The summed E-state index contributed by atoms with van der Waals surface area (Å²) in [6, 6.07) is 1.69. The Labute approximate surface area is 124 Å². The first-order valence-corrected chi connectivity index (χ1v) is 8.33. The van der Waals surface area contributed by atoms with Crippen molar-refractivity contribution in [1.82, 2.24) is 14.6 Å². The Hall–Kier alpha value is -1.93. The van der Waals surface area contributed by atoms with E-state index >= 15 is 0 Å². The predicted octanol–water partition coefficient (Wildman–Crippen LogP) is 0.142. The number of nitrogens with one attached hydrogen (secondary N) is 2. The zero-order valence-electron chi connectivity index (χ0n) is 12.0. The molecule has 2 N–H and O–H groups in total. The molecule has 0 aliphatic carbocycles. The maximum Gasteiger partial charge on any atom is 0.269 e. The number of rotatable bonds is 5. The van der Waals surface area contributed by atoms with Crippen LogP contribution in [0.4, 0.5) is 5.69 Å². The highest BCUT2D eigenvalue weighted by Gasteiger charge is 2.13. The summed E-state index contributed by atoms with van der Waals surface area (Å²) >= 11 is 0. The van der Waals surface area contributed by atoms with E-state index in [-0.39, 0.29) is 19.0 Å². The molecule has 0 spiro atoms. The van der Waals surface area contributed by atoms with Gasteiger partial charge in [0.15, 0.2) is 0 Å².